The zero-order valence-electron chi connectivity index (χ0n) is 12.7. The Morgan fingerprint density at radius 3 is 2.57 bits per heavy atom. The summed E-state index contributed by atoms with van der Waals surface area (Å²) in [6.45, 7) is 3.59. The minimum Gasteiger partial charge on any atom is -0.355 e. The first-order valence-electron chi connectivity index (χ1n) is 7.46. The van der Waals surface area contributed by atoms with Gasteiger partial charge >= 0.3 is 0 Å². The highest BCUT2D eigenvalue weighted by atomic mass is 16.2. The molecule has 0 aliphatic carbocycles. The molecule has 21 heavy (non-hydrogen) atoms. The molecule has 1 heterocycles. The van der Waals surface area contributed by atoms with Crippen LogP contribution in [0.4, 0.5) is 5.69 Å². The summed E-state index contributed by atoms with van der Waals surface area (Å²) in [5, 5.41) is 5.45. The zero-order chi connectivity index (χ0) is 15.2. The van der Waals surface area contributed by atoms with Gasteiger partial charge in [-0.25, -0.2) is 0 Å². The standard InChI is InChI=1S/C16H23N3O2/c1-12-5-3-4-10-19(12)11-15(20)18-14-8-6-13(7-9-14)16(21)17-2/h6-9,12H,3-5,10-11H2,1-2H3,(H,17,21)(H,18,20)/t12-/m1/s1. The van der Waals surface area contributed by atoms with Crippen LogP contribution >= 0.6 is 0 Å². The monoisotopic (exact) mass is 289 g/mol. The van der Waals surface area contributed by atoms with Gasteiger partial charge in [-0.1, -0.05) is 6.42 Å². The molecule has 1 aliphatic rings. The third-order valence-corrected chi connectivity index (χ3v) is 3.95. The first-order chi connectivity index (χ1) is 10.1. The van der Waals surface area contributed by atoms with E-state index in [0.717, 1.165) is 18.7 Å². The van der Waals surface area contributed by atoms with E-state index in [0.29, 0.717) is 18.2 Å². The summed E-state index contributed by atoms with van der Waals surface area (Å²) >= 11 is 0. The van der Waals surface area contributed by atoms with Crippen LogP contribution in [0.25, 0.3) is 0 Å². The Morgan fingerprint density at radius 1 is 1.24 bits per heavy atom. The van der Waals surface area contributed by atoms with E-state index in [4.69, 9.17) is 0 Å². The smallest absolute Gasteiger partial charge is 0.251 e. The topological polar surface area (TPSA) is 61.4 Å². The van der Waals surface area contributed by atoms with Gasteiger partial charge in [0.1, 0.15) is 0 Å². The fourth-order valence-corrected chi connectivity index (χ4v) is 2.63. The third kappa shape index (κ3) is 4.29. The number of hydrogen-bond acceptors (Lipinski definition) is 3. The van der Waals surface area contributed by atoms with Crippen molar-refractivity contribution >= 4 is 17.5 Å². The van der Waals surface area contributed by atoms with Crippen LogP contribution < -0.4 is 10.6 Å². The fourth-order valence-electron chi connectivity index (χ4n) is 2.63. The second kappa shape index (κ2) is 7.22. The number of nitrogens with one attached hydrogen (secondary N) is 2. The van der Waals surface area contributed by atoms with Gasteiger partial charge in [0, 0.05) is 24.3 Å². The number of hydrogen-bond donors (Lipinski definition) is 2. The average molecular weight is 289 g/mol. The normalized spacial score (nSPS) is 19.0. The number of anilines is 1. The molecule has 1 aromatic rings. The molecule has 0 saturated carbocycles. The number of amides is 2. The first kappa shape index (κ1) is 15.5. The summed E-state index contributed by atoms with van der Waals surface area (Å²) < 4.78 is 0. The van der Waals surface area contributed by atoms with Crippen molar-refractivity contribution in [1.82, 2.24) is 10.2 Å². The molecule has 0 aromatic heterocycles. The van der Waals surface area contributed by atoms with Gasteiger partial charge in [0.25, 0.3) is 5.91 Å². The second-order valence-corrected chi connectivity index (χ2v) is 5.52. The Labute approximate surface area is 125 Å². The largest absolute Gasteiger partial charge is 0.355 e. The van der Waals surface area contributed by atoms with E-state index in [1.165, 1.54) is 12.8 Å². The first-order valence-corrected chi connectivity index (χ1v) is 7.46. The second-order valence-electron chi connectivity index (χ2n) is 5.52. The van der Waals surface area contributed by atoms with Gasteiger partial charge in [-0.2, -0.15) is 0 Å². The SMILES string of the molecule is CNC(=O)c1ccc(NC(=O)CN2CCCC[C@H]2C)cc1. The number of carbonyl (C=O) groups excluding carboxylic acids is 2. The van der Waals surface area contributed by atoms with Crippen LogP contribution in [-0.4, -0.2) is 42.9 Å². The Morgan fingerprint density at radius 2 is 1.95 bits per heavy atom. The lowest BCUT2D eigenvalue weighted by molar-refractivity contribution is -0.118. The summed E-state index contributed by atoms with van der Waals surface area (Å²) in [7, 11) is 1.60. The van der Waals surface area contributed by atoms with Gasteiger partial charge < -0.3 is 10.6 Å². The predicted molar refractivity (Wildman–Crippen MR) is 83.3 cm³/mol. The van der Waals surface area contributed by atoms with Gasteiger partial charge in [0.05, 0.1) is 6.54 Å². The van der Waals surface area contributed by atoms with Crippen molar-refractivity contribution in [3.05, 3.63) is 29.8 Å². The Hall–Kier alpha value is -1.88. The van der Waals surface area contributed by atoms with Crippen molar-refractivity contribution in [3.8, 4) is 0 Å². The van der Waals surface area contributed by atoms with E-state index in [1.807, 2.05) is 0 Å². The minimum atomic E-state index is -0.130. The molecule has 0 spiro atoms. The van der Waals surface area contributed by atoms with Crippen LogP contribution in [0, 0.1) is 0 Å². The highest BCUT2D eigenvalue weighted by Crippen LogP contribution is 2.16. The molecule has 0 radical (unpaired) electrons. The molecule has 5 nitrogen and oxygen atoms in total. The lowest BCUT2D eigenvalue weighted by atomic mass is 10.0. The lowest BCUT2D eigenvalue weighted by Crippen LogP contribution is -2.42. The van der Waals surface area contributed by atoms with E-state index in [9.17, 15) is 9.59 Å². The van der Waals surface area contributed by atoms with Crippen molar-refractivity contribution in [2.75, 3.05) is 25.5 Å². The van der Waals surface area contributed by atoms with Gasteiger partial charge in [-0.3, -0.25) is 14.5 Å². The van der Waals surface area contributed by atoms with E-state index in [1.54, 1.807) is 31.3 Å². The molecule has 1 aliphatic heterocycles. The molecule has 1 atom stereocenters. The number of piperidine rings is 1. The number of likely N-dealkylation sites (tertiary alicyclic amines) is 1. The van der Waals surface area contributed by atoms with Gasteiger partial charge in [-0.15, -0.1) is 0 Å². The average Bonchev–Trinajstić information content (AvgIpc) is 2.49. The molecule has 2 amide bonds. The molecule has 2 N–H and O–H groups in total. The van der Waals surface area contributed by atoms with E-state index < -0.39 is 0 Å². The van der Waals surface area contributed by atoms with Crippen LogP contribution in [0.15, 0.2) is 24.3 Å². The van der Waals surface area contributed by atoms with Crippen molar-refractivity contribution in [2.24, 2.45) is 0 Å². The van der Waals surface area contributed by atoms with Crippen molar-refractivity contribution in [3.63, 3.8) is 0 Å². The van der Waals surface area contributed by atoms with Crippen molar-refractivity contribution < 1.29 is 9.59 Å². The maximum absolute atomic E-state index is 12.1. The fraction of sp³-hybridized carbons (Fsp3) is 0.500. The lowest BCUT2D eigenvalue weighted by Gasteiger charge is -2.32. The van der Waals surface area contributed by atoms with Crippen LogP contribution in [0.5, 0.6) is 0 Å². The number of nitrogens with zero attached hydrogens (tertiary/aromatic N) is 1. The number of benzene rings is 1. The van der Waals surface area contributed by atoms with Crippen LogP contribution in [0.2, 0.25) is 0 Å². The third-order valence-electron chi connectivity index (χ3n) is 3.95. The van der Waals surface area contributed by atoms with E-state index in [-0.39, 0.29) is 11.8 Å². The summed E-state index contributed by atoms with van der Waals surface area (Å²) in [5.74, 6) is -0.133. The zero-order valence-corrected chi connectivity index (χ0v) is 12.7. The summed E-state index contributed by atoms with van der Waals surface area (Å²) in [6, 6.07) is 7.39. The van der Waals surface area contributed by atoms with Gasteiger partial charge in [0.15, 0.2) is 0 Å². The van der Waals surface area contributed by atoms with Crippen molar-refractivity contribution in [1.29, 1.82) is 0 Å². The molecule has 0 unspecified atom stereocenters. The quantitative estimate of drug-likeness (QED) is 0.889. The summed E-state index contributed by atoms with van der Waals surface area (Å²) in [4.78, 5) is 25.7. The van der Waals surface area contributed by atoms with Gasteiger partial charge in [0.2, 0.25) is 5.91 Å². The maximum Gasteiger partial charge on any atom is 0.251 e. The summed E-state index contributed by atoms with van der Waals surface area (Å²) in [5.41, 5.74) is 1.30. The Kier molecular flexibility index (Phi) is 5.33. The number of carbonyl (C=O) groups is 2. The molecule has 2 rings (SSSR count). The van der Waals surface area contributed by atoms with Gasteiger partial charge in [-0.05, 0) is 50.6 Å². The van der Waals surface area contributed by atoms with E-state index >= 15 is 0 Å². The predicted octanol–water partition coefficient (Wildman–Crippen LogP) is 1.86. The highest BCUT2D eigenvalue weighted by molar-refractivity contribution is 5.96. The molecule has 0 bridgehead atoms. The molecular formula is C16H23N3O2. The molecule has 1 aromatic carbocycles. The molecule has 1 fully saturated rings. The maximum atomic E-state index is 12.1. The molecule has 114 valence electrons. The van der Waals surface area contributed by atoms with Crippen LogP contribution in [-0.2, 0) is 4.79 Å². The highest BCUT2D eigenvalue weighted by Gasteiger charge is 2.20. The molecule has 1 saturated heterocycles. The van der Waals surface area contributed by atoms with Crippen LogP contribution in [0.1, 0.15) is 36.5 Å². The van der Waals surface area contributed by atoms with Crippen LogP contribution in [0.3, 0.4) is 0 Å². The van der Waals surface area contributed by atoms with Crippen molar-refractivity contribution in [2.45, 2.75) is 32.2 Å². The Balaban J connectivity index is 1.88. The molecule has 5 heteroatoms. The minimum absolute atomic E-state index is 0.00329. The number of rotatable bonds is 4. The Bertz CT molecular complexity index is 499. The summed E-state index contributed by atoms with van der Waals surface area (Å²) in [6.07, 6.45) is 3.58. The molecular weight excluding hydrogens is 266 g/mol. The van der Waals surface area contributed by atoms with E-state index in [2.05, 4.69) is 22.5 Å².